The summed E-state index contributed by atoms with van der Waals surface area (Å²) in [6.45, 7) is 7.43. The molecule has 0 spiro atoms. The van der Waals surface area contributed by atoms with E-state index >= 15 is 0 Å². The van der Waals surface area contributed by atoms with Crippen LogP contribution in [0.25, 0.3) is 0 Å². The highest BCUT2D eigenvalue weighted by atomic mass is 127. The van der Waals surface area contributed by atoms with E-state index in [2.05, 4.69) is 16.9 Å². The zero-order chi connectivity index (χ0) is 18.8. The predicted octanol–water partition coefficient (Wildman–Crippen LogP) is 2.40. The molecule has 0 atom stereocenters. The monoisotopic (exact) mass is 474 g/mol. The molecule has 0 bridgehead atoms. The van der Waals surface area contributed by atoms with Crippen LogP contribution in [-0.2, 0) is 11.2 Å². The summed E-state index contributed by atoms with van der Waals surface area (Å²) in [5, 5.41) is 3.33. The number of hydrogen-bond acceptors (Lipinski definition) is 3. The average molecular weight is 474 g/mol. The number of aliphatic imine (C=N–C) groups is 1. The fraction of sp³-hybridized carbons (Fsp3) is 0.474. The molecule has 0 fully saturated rings. The topological polar surface area (TPSA) is 57.2 Å². The summed E-state index contributed by atoms with van der Waals surface area (Å²) in [5.41, 5.74) is 2.24. The molecule has 1 rings (SSSR count). The molecule has 0 aliphatic carbocycles. The third-order valence-corrected chi connectivity index (χ3v) is 3.59. The van der Waals surface area contributed by atoms with Crippen molar-refractivity contribution in [3.05, 3.63) is 42.0 Å². The van der Waals surface area contributed by atoms with Gasteiger partial charge in [0.15, 0.2) is 5.96 Å². The maximum atomic E-state index is 11.8. The normalized spacial score (nSPS) is 10.6. The lowest BCUT2D eigenvalue weighted by atomic mass is 10.1. The molecule has 146 valence electrons. The number of benzene rings is 1. The summed E-state index contributed by atoms with van der Waals surface area (Å²) in [5.74, 6) is 1.52. The number of methoxy groups -OCH3 is 1. The molecule has 26 heavy (non-hydrogen) atoms. The van der Waals surface area contributed by atoms with Gasteiger partial charge in [0, 0.05) is 34.2 Å². The van der Waals surface area contributed by atoms with Crippen LogP contribution in [0, 0.1) is 0 Å². The second-order valence-corrected chi connectivity index (χ2v) is 6.27. The number of guanidine groups is 1. The number of hydrogen-bond donors (Lipinski definition) is 1. The van der Waals surface area contributed by atoms with Gasteiger partial charge in [-0.3, -0.25) is 4.79 Å². The number of carbonyl (C=O) groups excluding carboxylic acids is 1. The van der Waals surface area contributed by atoms with Crippen molar-refractivity contribution in [3.63, 3.8) is 0 Å². The van der Waals surface area contributed by atoms with E-state index in [-0.39, 0.29) is 36.4 Å². The molecule has 7 heteroatoms. The van der Waals surface area contributed by atoms with Crippen LogP contribution in [0.4, 0.5) is 0 Å². The second-order valence-electron chi connectivity index (χ2n) is 6.27. The maximum absolute atomic E-state index is 11.8. The second kappa shape index (κ2) is 12.6. The summed E-state index contributed by atoms with van der Waals surface area (Å²) >= 11 is 0. The van der Waals surface area contributed by atoms with E-state index in [1.165, 1.54) is 10.5 Å². The Hall–Kier alpha value is -1.77. The largest absolute Gasteiger partial charge is 0.497 e. The van der Waals surface area contributed by atoms with Crippen molar-refractivity contribution in [2.24, 2.45) is 4.99 Å². The van der Waals surface area contributed by atoms with E-state index < -0.39 is 0 Å². The Morgan fingerprint density at radius 3 is 2.35 bits per heavy atom. The minimum atomic E-state index is -0.0295. The minimum Gasteiger partial charge on any atom is -0.497 e. The first-order valence-electron chi connectivity index (χ1n) is 8.30. The van der Waals surface area contributed by atoms with E-state index in [1.807, 2.05) is 43.1 Å². The van der Waals surface area contributed by atoms with Crippen LogP contribution < -0.4 is 10.1 Å². The van der Waals surface area contributed by atoms with E-state index in [0.717, 1.165) is 24.3 Å². The quantitative estimate of drug-likeness (QED) is 0.272. The van der Waals surface area contributed by atoms with E-state index in [0.29, 0.717) is 12.5 Å². The highest BCUT2D eigenvalue weighted by molar-refractivity contribution is 14.0. The van der Waals surface area contributed by atoms with Crippen LogP contribution in [0.1, 0.15) is 12.5 Å². The third-order valence-electron chi connectivity index (χ3n) is 3.59. The van der Waals surface area contributed by atoms with E-state index in [9.17, 15) is 4.79 Å². The number of nitrogens with zero attached hydrogens (tertiary/aromatic N) is 3. The lowest BCUT2D eigenvalue weighted by molar-refractivity contribution is -0.127. The Balaban J connectivity index is 0.00000625. The van der Waals surface area contributed by atoms with Crippen molar-refractivity contribution in [1.29, 1.82) is 0 Å². The average Bonchev–Trinajstić information content (AvgIpc) is 2.57. The lowest BCUT2D eigenvalue weighted by Gasteiger charge is -2.23. The Bertz CT molecular complexity index is 600. The maximum Gasteiger partial charge on any atom is 0.243 e. The number of amides is 1. The van der Waals surface area contributed by atoms with Crippen molar-refractivity contribution < 1.29 is 9.53 Å². The number of rotatable bonds is 8. The SMILES string of the molecule is C=C(C)CN(C)C(=NCC(=O)N(C)C)NCCc1ccc(OC)cc1.I. The number of nitrogens with one attached hydrogen (secondary N) is 1. The first-order valence-corrected chi connectivity index (χ1v) is 8.30. The summed E-state index contributed by atoms with van der Waals surface area (Å²) in [4.78, 5) is 19.7. The third kappa shape index (κ3) is 9.07. The van der Waals surface area contributed by atoms with Crippen molar-refractivity contribution in [3.8, 4) is 5.75 Å². The van der Waals surface area contributed by atoms with Gasteiger partial charge in [-0.2, -0.15) is 0 Å². The van der Waals surface area contributed by atoms with Gasteiger partial charge in [-0.05, 0) is 31.0 Å². The molecule has 0 heterocycles. The van der Waals surface area contributed by atoms with Gasteiger partial charge in [-0.15, -0.1) is 24.0 Å². The van der Waals surface area contributed by atoms with Crippen LogP contribution in [0.15, 0.2) is 41.4 Å². The van der Waals surface area contributed by atoms with Gasteiger partial charge < -0.3 is 19.9 Å². The standard InChI is InChI=1S/C19H30N4O2.HI/c1-15(2)14-23(5)19(21-13-18(24)22(3)4)20-12-11-16-7-9-17(25-6)10-8-16;/h7-10H,1,11-14H2,2-6H3,(H,20,21);1H. The minimum absolute atomic E-state index is 0. The van der Waals surface area contributed by atoms with Crippen LogP contribution in [0.3, 0.4) is 0 Å². The van der Waals surface area contributed by atoms with Crippen molar-refractivity contribution in [2.75, 3.05) is 47.9 Å². The highest BCUT2D eigenvalue weighted by Crippen LogP contribution is 2.11. The number of carbonyl (C=O) groups is 1. The van der Waals surface area contributed by atoms with Gasteiger partial charge in [0.05, 0.1) is 7.11 Å². The Kier molecular flexibility index (Phi) is 11.7. The van der Waals surface area contributed by atoms with Gasteiger partial charge in [-0.25, -0.2) is 4.99 Å². The Labute approximate surface area is 174 Å². The van der Waals surface area contributed by atoms with Gasteiger partial charge in [-0.1, -0.05) is 24.3 Å². The fourth-order valence-electron chi connectivity index (χ4n) is 2.19. The lowest BCUT2D eigenvalue weighted by Crippen LogP contribution is -2.41. The molecule has 0 radical (unpaired) electrons. The summed E-state index contributed by atoms with van der Waals surface area (Å²) in [6, 6.07) is 8.00. The Morgan fingerprint density at radius 1 is 1.23 bits per heavy atom. The van der Waals surface area contributed by atoms with Crippen molar-refractivity contribution >= 4 is 35.8 Å². The number of likely N-dealkylation sites (N-methyl/N-ethyl adjacent to an activating group) is 2. The molecule has 1 aromatic rings. The first kappa shape index (κ1) is 24.2. The molecule has 1 aromatic carbocycles. The molecular weight excluding hydrogens is 443 g/mol. The molecule has 0 saturated carbocycles. The van der Waals surface area contributed by atoms with E-state index in [1.54, 1.807) is 21.2 Å². The number of halogens is 1. The van der Waals surface area contributed by atoms with Gasteiger partial charge in [0.2, 0.25) is 5.91 Å². The van der Waals surface area contributed by atoms with Crippen molar-refractivity contribution in [2.45, 2.75) is 13.3 Å². The molecular formula is C19H31IN4O2. The number of ether oxygens (including phenoxy) is 1. The van der Waals surface area contributed by atoms with Crippen LogP contribution >= 0.6 is 24.0 Å². The summed E-state index contributed by atoms with van der Waals surface area (Å²) < 4.78 is 5.17. The molecule has 0 saturated heterocycles. The highest BCUT2D eigenvalue weighted by Gasteiger charge is 2.09. The molecule has 0 aliphatic rings. The zero-order valence-corrected chi connectivity index (χ0v) is 18.7. The van der Waals surface area contributed by atoms with Gasteiger partial charge in [0.25, 0.3) is 0 Å². The molecule has 1 amide bonds. The molecule has 0 aromatic heterocycles. The van der Waals surface area contributed by atoms with Gasteiger partial charge >= 0.3 is 0 Å². The molecule has 1 N–H and O–H groups in total. The summed E-state index contributed by atoms with van der Waals surface area (Å²) in [6.07, 6.45) is 0.853. The van der Waals surface area contributed by atoms with Crippen LogP contribution in [-0.4, -0.2) is 69.6 Å². The first-order chi connectivity index (χ1) is 11.8. The zero-order valence-electron chi connectivity index (χ0n) is 16.4. The smallest absolute Gasteiger partial charge is 0.243 e. The molecule has 0 unspecified atom stereocenters. The van der Waals surface area contributed by atoms with Crippen LogP contribution in [0.5, 0.6) is 5.75 Å². The Morgan fingerprint density at radius 2 is 1.85 bits per heavy atom. The molecule has 6 nitrogen and oxygen atoms in total. The fourth-order valence-corrected chi connectivity index (χ4v) is 2.19. The van der Waals surface area contributed by atoms with E-state index in [4.69, 9.17) is 4.74 Å². The van der Waals surface area contributed by atoms with Gasteiger partial charge in [0.1, 0.15) is 12.3 Å². The van der Waals surface area contributed by atoms with Crippen molar-refractivity contribution in [1.82, 2.24) is 15.1 Å². The summed E-state index contributed by atoms with van der Waals surface area (Å²) in [7, 11) is 7.05. The predicted molar refractivity (Wildman–Crippen MR) is 119 cm³/mol. The molecule has 0 aliphatic heterocycles. The van der Waals surface area contributed by atoms with Crippen LogP contribution in [0.2, 0.25) is 0 Å².